The van der Waals surface area contributed by atoms with Gasteiger partial charge in [0, 0.05) is 5.88 Å². The molecule has 0 aliphatic heterocycles. The van der Waals surface area contributed by atoms with Crippen LogP contribution in [0.1, 0.15) is 61.9 Å². The molecule has 0 N–H and O–H groups in total. The first-order chi connectivity index (χ1) is 10.8. The predicted molar refractivity (Wildman–Crippen MR) is 90.9 cm³/mol. The number of unbranched alkanes of at least 4 members (excludes halogenated alkanes) is 1. The van der Waals surface area contributed by atoms with Crippen molar-refractivity contribution < 1.29 is 19.1 Å². The second-order valence-electron chi connectivity index (χ2n) is 6.39. The summed E-state index contributed by atoms with van der Waals surface area (Å²) in [5.74, 6) is -0.540. The summed E-state index contributed by atoms with van der Waals surface area (Å²) in [7, 11) is 1.37. The van der Waals surface area contributed by atoms with Crippen molar-refractivity contribution in [3.8, 4) is 0 Å². The molecule has 5 heteroatoms. The Kier molecular flexibility index (Phi) is 7.56. The Bertz CT molecular complexity index is 534. The third kappa shape index (κ3) is 6.61. The Morgan fingerprint density at radius 1 is 1.22 bits per heavy atom. The molecule has 0 bridgehead atoms. The van der Waals surface area contributed by atoms with Gasteiger partial charge in [-0.25, -0.2) is 4.79 Å². The lowest BCUT2D eigenvalue weighted by Crippen LogP contribution is -2.24. The van der Waals surface area contributed by atoms with Crippen molar-refractivity contribution in [1.82, 2.24) is 0 Å². The second kappa shape index (κ2) is 8.92. The number of hydrogen-bond acceptors (Lipinski definition) is 4. The van der Waals surface area contributed by atoms with Crippen LogP contribution in [0.2, 0.25) is 0 Å². The average molecular weight is 341 g/mol. The maximum Gasteiger partial charge on any atom is 0.338 e. The van der Waals surface area contributed by atoms with Crippen LogP contribution in [0, 0.1) is 0 Å². The fourth-order valence-electron chi connectivity index (χ4n) is 2.23. The van der Waals surface area contributed by atoms with Crippen LogP contribution in [-0.2, 0) is 14.3 Å². The molecular weight excluding hydrogens is 316 g/mol. The third-order valence-corrected chi connectivity index (χ3v) is 3.55. The molecule has 0 heterocycles. The smallest absolute Gasteiger partial charge is 0.338 e. The Hall–Kier alpha value is -1.55. The van der Waals surface area contributed by atoms with Crippen LogP contribution in [0.4, 0.5) is 0 Å². The van der Waals surface area contributed by atoms with Gasteiger partial charge < -0.3 is 9.47 Å². The Morgan fingerprint density at radius 2 is 1.91 bits per heavy atom. The molecule has 0 aromatic heterocycles. The molecule has 23 heavy (non-hydrogen) atoms. The summed E-state index contributed by atoms with van der Waals surface area (Å²) in [5, 5.41) is 0. The summed E-state index contributed by atoms with van der Waals surface area (Å²) in [6.07, 6.45) is 2.29. The van der Waals surface area contributed by atoms with Gasteiger partial charge in [0.15, 0.2) is 0 Å². The number of esters is 2. The first kappa shape index (κ1) is 19.5. The number of benzene rings is 1. The molecule has 4 nitrogen and oxygen atoms in total. The number of methoxy groups -OCH3 is 1. The first-order valence-corrected chi connectivity index (χ1v) is 8.29. The van der Waals surface area contributed by atoms with Gasteiger partial charge in [0.1, 0.15) is 5.60 Å². The van der Waals surface area contributed by atoms with Gasteiger partial charge in [-0.3, -0.25) is 4.79 Å². The quantitative estimate of drug-likeness (QED) is 0.421. The molecular formula is C18H25ClO4. The van der Waals surface area contributed by atoms with Crippen molar-refractivity contribution >= 4 is 23.5 Å². The second-order valence-corrected chi connectivity index (χ2v) is 6.77. The molecule has 128 valence electrons. The van der Waals surface area contributed by atoms with Gasteiger partial charge in [0.05, 0.1) is 18.6 Å². The minimum Gasteiger partial charge on any atom is -0.469 e. The van der Waals surface area contributed by atoms with Crippen LogP contribution in [0.25, 0.3) is 0 Å². The van der Waals surface area contributed by atoms with E-state index in [0.717, 1.165) is 18.4 Å². The number of carbonyl (C=O) groups is 2. The lowest BCUT2D eigenvalue weighted by Gasteiger charge is -2.20. The summed E-state index contributed by atoms with van der Waals surface area (Å²) in [4.78, 5) is 24.2. The fraction of sp³-hybridized carbons (Fsp3) is 0.556. The van der Waals surface area contributed by atoms with E-state index in [4.69, 9.17) is 21.1 Å². The van der Waals surface area contributed by atoms with E-state index in [0.29, 0.717) is 17.9 Å². The summed E-state index contributed by atoms with van der Waals surface area (Å²) >= 11 is 5.70. The number of halogens is 1. The summed E-state index contributed by atoms with van der Waals surface area (Å²) in [6, 6.07) is 6.98. The molecule has 1 unspecified atom stereocenters. The molecule has 0 spiro atoms. The van der Waals surface area contributed by atoms with Gasteiger partial charge in [0.2, 0.25) is 0 Å². The molecule has 0 saturated heterocycles. The fourth-order valence-corrected chi connectivity index (χ4v) is 2.41. The Balaban J connectivity index is 2.97. The number of ether oxygens (including phenoxy) is 2. The Labute approximate surface area is 143 Å². The van der Waals surface area contributed by atoms with Gasteiger partial charge >= 0.3 is 11.9 Å². The van der Waals surface area contributed by atoms with Crippen LogP contribution >= 0.6 is 11.6 Å². The van der Waals surface area contributed by atoms with Crippen molar-refractivity contribution in [1.29, 1.82) is 0 Å². The molecule has 0 radical (unpaired) electrons. The van der Waals surface area contributed by atoms with Crippen molar-refractivity contribution in [2.45, 2.75) is 51.6 Å². The van der Waals surface area contributed by atoms with Crippen LogP contribution in [-0.4, -0.2) is 30.5 Å². The van der Waals surface area contributed by atoms with Gasteiger partial charge in [-0.1, -0.05) is 18.6 Å². The van der Waals surface area contributed by atoms with E-state index in [2.05, 4.69) is 0 Å². The van der Waals surface area contributed by atoms with E-state index < -0.39 is 17.5 Å². The lowest BCUT2D eigenvalue weighted by atomic mass is 9.92. The van der Waals surface area contributed by atoms with E-state index in [1.165, 1.54) is 7.11 Å². The van der Waals surface area contributed by atoms with E-state index in [-0.39, 0.29) is 5.97 Å². The zero-order valence-corrected chi connectivity index (χ0v) is 15.0. The highest BCUT2D eigenvalue weighted by Gasteiger charge is 2.23. The summed E-state index contributed by atoms with van der Waals surface area (Å²) in [6.45, 7) is 5.45. The van der Waals surface area contributed by atoms with Crippen LogP contribution < -0.4 is 0 Å². The predicted octanol–water partition coefficient (Wildman–Crippen LogP) is 4.31. The van der Waals surface area contributed by atoms with Gasteiger partial charge in [-0.15, -0.1) is 11.6 Å². The highest BCUT2D eigenvalue weighted by atomic mass is 35.5. The zero-order chi connectivity index (χ0) is 17.5. The van der Waals surface area contributed by atoms with E-state index >= 15 is 0 Å². The third-order valence-electron chi connectivity index (χ3n) is 3.29. The van der Waals surface area contributed by atoms with Gasteiger partial charge in [-0.05, 0) is 51.3 Å². The van der Waals surface area contributed by atoms with E-state index in [1.54, 1.807) is 18.2 Å². The molecule has 1 aromatic carbocycles. The summed E-state index contributed by atoms with van der Waals surface area (Å²) < 4.78 is 10.3. The molecule has 0 amide bonds. The maximum absolute atomic E-state index is 12.2. The lowest BCUT2D eigenvalue weighted by molar-refractivity contribution is -0.142. The van der Waals surface area contributed by atoms with Crippen molar-refractivity contribution in [3.05, 3.63) is 35.4 Å². The molecule has 0 saturated carbocycles. The van der Waals surface area contributed by atoms with Crippen molar-refractivity contribution in [2.75, 3.05) is 13.0 Å². The molecule has 0 fully saturated rings. The van der Waals surface area contributed by atoms with E-state index in [1.807, 2.05) is 26.8 Å². The van der Waals surface area contributed by atoms with Crippen LogP contribution in [0.3, 0.4) is 0 Å². The van der Waals surface area contributed by atoms with Gasteiger partial charge in [-0.2, -0.15) is 0 Å². The highest BCUT2D eigenvalue weighted by molar-refractivity contribution is 6.17. The monoisotopic (exact) mass is 340 g/mol. The topological polar surface area (TPSA) is 52.6 Å². The van der Waals surface area contributed by atoms with Crippen LogP contribution in [0.15, 0.2) is 24.3 Å². The average Bonchev–Trinajstić information content (AvgIpc) is 2.49. The molecule has 0 aliphatic rings. The molecule has 1 rings (SSSR count). The number of alkyl halides is 1. The molecule has 1 atom stereocenters. The van der Waals surface area contributed by atoms with Gasteiger partial charge in [0.25, 0.3) is 0 Å². The van der Waals surface area contributed by atoms with Crippen LogP contribution in [0.5, 0.6) is 0 Å². The minimum absolute atomic E-state index is 0.305. The number of carbonyl (C=O) groups excluding carboxylic acids is 2. The number of rotatable bonds is 7. The first-order valence-electron chi connectivity index (χ1n) is 7.75. The largest absolute Gasteiger partial charge is 0.469 e. The molecule has 0 aliphatic carbocycles. The number of hydrogen-bond donors (Lipinski definition) is 0. The van der Waals surface area contributed by atoms with E-state index in [9.17, 15) is 9.59 Å². The Morgan fingerprint density at radius 3 is 2.48 bits per heavy atom. The highest BCUT2D eigenvalue weighted by Crippen LogP contribution is 2.25. The molecule has 1 aromatic rings. The zero-order valence-electron chi connectivity index (χ0n) is 14.2. The normalized spacial score (nSPS) is 12.6. The minimum atomic E-state index is -0.560. The van der Waals surface area contributed by atoms with Crippen molar-refractivity contribution in [2.24, 2.45) is 0 Å². The standard InChI is InChI=1S/C18H25ClO4/c1-18(2,3)23-16(20)14-9-7-8-13(12-14)15(17(21)22-4)10-5-6-11-19/h7-9,12,15H,5-6,10-11H2,1-4H3. The summed E-state index contributed by atoms with van der Waals surface area (Å²) in [5.41, 5.74) is 0.633. The maximum atomic E-state index is 12.2. The van der Waals surface area contributed by atoms with Crippen molar-refractivity contribution in [3.63, 3.8) is 0 Å². The SMILES string of the molecule is COC(=O)C(CCCCCl)c1cccc(C(=O)OC(C)(C)C)c1.